The Hall–Kier alpha value is -2.60. The zero-order valence-electron chi connectivity index (χ0n) is 20.0. The minimum absolute atomic E-state index is 0.318. The molecule has 6 nitrogen and oxygen atoms in total. The van der Waals surface area contributed by atoms with Gasteiger partial charge in [0.05, 0.1) is 0 Å². The summed E-state index contributed by atoms with van der Waals surface area (Å²) in [7, 11) is 0. The summed E-state index contributed by atoms with van der Waals surface area (Å²) >= 11 is 0. The quantitative estimate of drug-likeness (QED) is 0.683. The van der Waals surface area contributed by atoms with E-state index in [2.05, 4.69) is 64.2 Å². The van der Waals surface area contributed by atoms with Crippen LogP contribution in [-0.2, 0) is 16.0 Å². The summed E-state index contributed by atoms with van der Waals surface area (Å²) in [5.74, 6) is 0. The van der Waals surface area contributed by atoms with E-state index in [0.29, 0.717) is 12.5 Å². The normalized spacial score (nSPS) is 13.3. The Balaban J connectivity index is 0.000000302. The average Bonchev–Trinajstić information content (AvgIpc) is 2.75. The van der Waals surface area contributed by atoms with Gasteiger partial charge in [0.2, 0.25) is 0 Å². The van der Waals surface area contributed by atoms with Gasteiger partial charge in [-0.3, -0.25) is 9.78 Å². The van der Waals surface area contributed by atoms with Crippen molar-refractivity contribution in [2.75, 3.05) is 36.4 Å². The van der Waals surface area contributed by atoms with Crippen LogP contribution in [0.3, 0.4) is 0 Å². The number of nitrogens with zero attached hydrogens (tertiary/aromatic N) is 2. The standard InChI is InChI=1S/C15H25N3.C5H5N.C5H10O2/c1-4-13-5-6-14(17-12(2)3)11-15(13)18-9-7-16-8-10-18;1-2-4-6-5-3-1;1-5(2,3)7-4-6/h5-6,11-12,16-17H,4,7-10H2,1-3H3;1-5H;4H,1-3H3. The lowest BCUT2D eigenvalue weighted by molar-refractivity contribution is -0.138. The van der Waals surface area contributed by atoms with Gasteiger partial charge in [0.25, 0.3) is 6.47 Å². The molecular formula is C25H40N4O2. The first-order chi connectivity index (χ1) is 14.8. The molecule has 6 heteroatoms. The Morgan fingerprint density at radius 1 is 1.16 bits per heavy atom. The molecule has 1 aliphatic heterocycles. The fourth-order valence-electron chi connectivity index (χ4n) is 2.94. The summed E-state index contributed by atoms with van der Waals surface area (Å²) in [6, 6.07) is 13.0. The van der Waals surface area contributed by atoms with Gasteiger partial charge in [-0.2, -0.15) is 0 Å². The maximum atomic E-state index is 9.60. The molecule has 1 saturated heterocycles. The van der Waals surface area contributed by atoms with E-state index in [-0.39, 0.29) is 5.60 Å². The van der Waals surface area contributed by atoms with Crippen LogP contribution in [0.1, 0.15) is 47.1 Å². The largest absolute Gasteiger partial charge is 0.462 e. The van der Waals surface area contributed by atoms with Crippen molar-refractivity contribution in [2.45, 2.75) is 59.6 Å². The fourth-order valence-corrected chi connectivity index (χ4v) is 2.94. The van der Waals surface area contributed by atoms with Crippen LogP contribution in [-0.4, -0.2) is 49.3 Å². The van der Waals surface area contributed by atoms with E-state index in [1.807, 2.05) is 39.0 Å². The van der Waals surface area contributed by atoms with Crippen LogP contribution in [0.5, 0.6) is 0 Å². The van der Waals surface area contributed by atoms with Crippen LogP contribution >= 0.6 is 0 Å². The van der Waals surface area contributed by atoms with Crippen LogP contribution in [0, 0.1) is 0 Å². The third-order valence-electron chi connectivity index (χ3n) is 4.35. The van der Waals surface area contributed by atoms with E-state index >= 15 is 0 Å². The first-order valence-electron chi connectivity index (χ1n) is 11.1. The van der Waals surface area contributed by atoms with Gasteiger partial charge in [-0.25, -0.2) is 0 Å². The van der Waals surface area contributed by atoms with E-state index in [1.54, 1.807) is 12.4 Å². The van der Waals surface area contributed by atoms with Gasteiger partial charge < -0.3 is 20.3 Å². The molecule has 0 saturated carbocycles. The molecule has 31 heavy (non-hydrogen) atoms. The number of hydrogen-bond donors (Lipinski definition) is 2. The van der Waals surface area contributed by atoms with Crippen LogP contribution < -0.4 is 15.5 Å². The van der Waals surface area contributed by atoms with Crippen molar-refractivity contribution in [3.05, 3.63) is 54.4 Å². The highest BCUT2D eigenvalue weighted by Crippen LogP contribution is 2.26. The molecule has 0 aliphatic carbocycles. The highest BCUT2D eigenvalue weighted by molar-refractivity contribution is 5.63. The summed E-state index contributed by atoms with van der Waals surface area (Å²) in [5.41, 5.74) is 3.77. The number of carbonyl (C=O) groups is 1. The average molecular weight is 429 g/mol. The first-order valence-corrected chi connectivity index (χ1v) is 11.1. The molecule has 0 bridgehead atoms. The molecule has 1 aromatic carbocycles. The van der Waals surface area contributed by atoms with Crippen molar-refractivity contribution in [3.8, 4) is 0 Å². The fraction of sp³-hybridized carbons (Fsp3) is 0.520. The molecule has 2 aromatic rings. The number of rotatable bonds is 5. The number of pyridine rings is 1. The van der Waals surface area contributed by atoms with E-state index in [4.69, 9.17) is 0 Å². The molecule has 1 fully saturated rings. The Kier molecular flexibility index (Phi) is 12.3. The van der Waals surface area contributed by atoms with Crippen molar-refractivity contribution in [2.24, 2.45) is 0 Å². The number of ether oxygens (including phenoxy) is 1. The summed E-state index contributed by atoms with van der Waals surface area (Å²) in [5, 5.41) is 6.90. The second-order valence-corrected chi connectivity index (χ2v) is 8.58. The lowest BCUT2D eigenvalue weighted by Gasteiger charge is -2.31. The van der Waals surface area contributed by atoms with Gasteiger partial charge in [0.1, 0.15) is 5.60 Å². The van der Waals surface area contributed by atoms with E-state index in [1.165, 1.54) is 16.9 Å². The van der Waals surface area contributed by atoms with E-state index in [9.17, 15) is 4.79 Å². The maximum Gasteiger partial charge on any atom is 0.293 e. The number of benzene rings is 1. The number of anilines is 2. The number of aryl methyl sites for hydroxylation is 1. The minimum Gasteiger partial charge on any atom is -0.462 e. The number of piperazine rings is 1. The van der Waals surface area contributed by atoms with Gasteiger partial charge in [-0.1, -0.05) is 19.1 Å². The van der Waals surface area contributed by atoms with Crippen molar-refractivity contribution in [3.63, 3.8) is 0 Å². The van der Waals surface area contributed by atoms with E-state index < -0.39 is 0 Å². The van der Waals surface area contributed by atoms with Gasteiger partial charge in [0, 0.05) is 56.0 Å². The highest BCUT2D eigenvalue weighted by Gasteiger charge is 2.14. The Morgan fingerprint density at radius 3 is 2.19 bits per heavy atom. The van der Waals surface area contributed by atoms with Crippen molar-refractivity contribution < 1.29 is 9.53 Å². The Bertz CT molecular complexity index is 697. The van der Waals surface area contributed by atoms with Gasteiger partial charge in [0.15, 0.2) is 0 Å². The van der Waals surface area contributed by atoms with Crippen LogP contribution in [0.2, 0.25) is 0 Å². The zero-order chi connectivity index (χ0) is 23.1. The summed E-state index contributed by atoms with van der Waals surface area (Å²) < 4.78 is 4.55. The Labute approximate surface area is 188 Å². The second kappa shape index (κ2) is 14.4. The van der Waals surface area contributed by atoms with Crippen molar-refractivity contribution >= 4 is 17.8 Å². The van der Waals surface area contributed by atoms with Gasteiger partial charge in [-0.15, -0.1) is 0 Å². The molecule has 1 aliphatic rings. The smallest absolute Gasteiger partial charge is 0.293 e. The first kappa shape index (κ1) is 26.4. The topological polar surface area (TPSA) is 66.5 Å². The molecule has 2 heterocycles. The molecule has 0 unspecified atom stereocenters. The van der Waals surface area contributed by atoms with Crippen LogP contribution in [0.15, 0.2) is 48.8 Å². The van der Waals surface area contributed by atoms with Gasteiger partial charge >= 0.3 is 0 Å². The molecule has 0 spiro atoms. The second-order valence-electron chi connectivity index (χ2n) is 8.58. The summed E-state index contributed by atoms with van der Waals surface area (Å²) in [6.45, 7) is 16.9. The summed E-state index contributed by atoms with van der Waals surface area (Å²) in [4.78, 5) is 15.9. The minimum atomic E-state index is -0.318. The lowest BCUT2D eigenvalue weighted by atomic mass is 10.1. The zero-order valence-corrected chi connectivity index (χ0v) is 20.0. The van der Waals surface area contributed by atoms with Crippen molar-refractivity contribution in [1.82, 2.24) is 10.3 Å². The number of nitrogens with one attached hydrogen (secondary N) is 2. The Morgan fingerprint density at radius 2 is 1.81 bits per heavy atom. The summed E-state index contributed by atoms with van der Waals surface area (Å²) in [6.07, 6.45) is 4.60. The molecule has 3 rings (SSSR count). The lowest BCUT2D eigenvalue weighted by Crippen LogP contribution is -2.43. The molecular weight excluding hydrogens is 388 g/mol. The highest BCUT2D eigenvalue weighted by atomic mass is 16.5. The SMILES string of the molecule is CC(C)(C)OC=O.CCc1ccc(NC(C)C)cc1N1CCNCC1.c1ccncc1. The monoisotopic (exact) mass is 428 g/mol. The number of aromatic nitrogens is 1. The predicted molar refractivity (Wildman–Crippen MR) is 131 cm³/mol. The molecule has 0 atom stereocenters. The molecule has 0 amide bonds. The van der Waals surface area contributed by atoms with Crippen molar-refractivity contribution in [1.29, 1.82) is 0 Å². The van der Waals surface area contributed by atoms with E-state index in [0.717, 1.165) is 32.6 Å². The molecule has 172 valence electrons. The maximum absolute atomic E-state index is 9.60. The van der Waals surface area contributed by atoms with Crippen LogP contribution in [0.4, 0.5) is 11.4 Å². The number of carbonyl (C=O) groups excluding carboxylic acids is 1. The molecule has 0 radical (unpaired) electrons. The van der Waals surface area contributed by atoms with Crippen LogP contribution in [0.25, 0.3) is 0 Å². The van der Waals surface area contributed by atoms with Gasteiger partial charge in [-0.05, 0) is 70.9 Å². The molecule has 2 N–H and O–H groups in total. The third kappa shape index (κ3) is 12.0. The molecule has 1 aromatic heterocycles. The number of hydrogen-bond acceptors (Lipinski definition) is 6. The predicted octanol–water partition coefficient (Wildman–Crippen LogP) is 4.52. The third-order valence-corrected chi connectivity index (χ3v) is 4.35.